The van der Waals surface area contributed by atoms with Gasteiger partial charge in [0.1, 0.15) is 0 Å². The lowest BCUT2D eigenvalue weighted by Crippen LogP contribution is -2.43. The zero-order valence-corrected chi connectivity index (χ0v) is 14.4. The molecule has 2 fully saturated rings. The Morgan fingerprint density at radius 3 is 2.17 bits per heavy atom. The van der Waals surface area contributed by atoms with E-state index in [1.54, 1.807) is 30.3 Å². The maximum Gasteiger partial charge on any atom is 0.243 e. The van der Waals surface area contributed by atoms with Crippen LogP contribution in [0.5, 0.6) is 0 Å². The number of amides is 1. The molecule has 6 heteroatoms. The van der Waals surface area contributed by atoms with E-state index >= 15 is 0 Å². The molecule has 1 amide bonds. The SMILES string of the molecule is C[C@@H]1C(NC(=O)C2CCN(S(=O)(=O)c3ccccc3)CC2)[C@@H]1C. The summed E-state index contributed by atoms with van der Waals surface area (Å²) in [7, 11) is -3.44. The highest BCUT2D eigenvalue weighted by Gasteiger charge is 2.44. The molecule has 3 rings (SSSR count). The molecule has 23 heavy (non-hydrogen) atoms. The standard InChI is InChI=1S/C17H24N2O3S/c1-12-13(2)16(12)18-17(20)14-8-10-19(11-9-14)23(21,22)15-6-4-3-5-7-15/h3-7,12-14,16H,8-11H2,1-2H3,(H,18,20)/t12-,13+,16?. The molecule has 1 unspecified atom stereocenters. The Kier molecular flexibility index (Phi) is 4.47. The van der Waals surface area contributed by atoms with Crippen molar-refractivity contribution in [1.29, 1.82) is 0 Å². The lowest BCUT2D eigenvalue weighted by atomic mass is 9.97. The van der Waals surface area contributed by atoms with Gasteiger partial charge in [-0.2, -0.15) is 4.31 Å². The van der Waals surface area contributed by atoms with E-state index < -0.39 is 10.0 Å². The summed E-state index contributed by atoms with van der Waals surface area (Å²) in [4.78, 5) is 12.6. The maximum absolute atomic E-state index is 12.6. The fourth-order valence-corrected chi connectivity index (χ4v) is 4.80. The van der Waals surface area contributed by atoms with Crippen LogP contribution >= 0.6 is 0 Å². The van der Waals surface area contributed by atoms with Crippen molar-refractivity contribution in [1.82, 2.24) is 9.62 Å². The zero-order valence-electron chi connectivity index (χ0n) is 13.6. The average molecular weight is 336 g/mol. The lowest BCUT2D eigenvalue weighted by molar-refractivity contribution is -0.126. The molecule has 126 valence electrons. The Bertz CT molecular complexity index is 658. The van der Waals surface area contributed by atoms with Crippen LogP contribution in [-0.4, -0.2) is 37.8 Å². The predicted octanol–water partition coefficient (Wildman–Crippen LogP) is 1.86. The summed E-state index contributed by atoms with van der Waals surface area (Å²) in [6.45, 7) is 5.10. The molecule has 2 aliphatic rings. The first-order chi connectivity index (χ1) is 10.9. The van der Waals surface area contributed by atoms with Crippen molar-refractivity contribution in [2.75, 3.05) is 13.1 Å². The Morgan fingerprint density at radius 1 is 1.09 bits per heavy atom. The number of hydrogen-bond donors (Lipinski definition) is 1. The van der Waals surface area contributed by atoms with Gasteiger partial charge in [0.05, 0.1) is 4.90 Å². The van der Waals surface area contributed by atoms with Gasteiger partial charge in [0, 0.05) is 25.0 Å². The first-order valence-corrected chi connectivity index (χ1v) is 9.71. The van der Waals surface area contributed by atoms with Gasteiger partial charge in [0.2, 0.25) is 15.9 Å². The van der Waals surface area contributed by atoms with Crippen molar-refractivity contribution >= 4 is 15.9 Å². The van der Waals surface area contributed by atoms with Crippen molar-refractivity contribution in [3.8, 4) is 0 Å². The van der Waals surface area contributed by atoms with E-state index in [9.17, 15) is 13.2 Å². The molecule has 0 bridgehead atoms. The van der Waals surface area contributed by atoms with Crippen LogP contribution in [-0.2, 0) is 14.8 Å². The lowest BCUT2D eigenvalue weighted by Gasteiger charge is -2.30. The molecule has 1 saturated carbocycles. The van der Waals surface area contributed by atoms with E-state index in [0.717, 1.165) is 0 Å². The molecule has 1 aliphatic carbocycles. The molecule has 0 aromatic heterocycles. The second-order valence-corrected chi connectivity index (χ2v) is 8.68. The van der Waals surface area contributed by atoms with E-state index in [0.29, 0.717) is 48.7 Å². The number of benzene rings is 1. The molecule has 1 saturated heterocycles. The second-order valence-electron chi connectivity index (χ2n) is 6.74. The Labute approximate surface area is 138 Å². The highest BCUT2D eigenvalue weighted by atomic mass is 32.2. The van der Waals surface area contributed by atoms with Gasteiger partial charge in [-0.3, -0.25) is 4.79 Å². The minimum absolute atomic E-state index is 0.0720. The van der Waals surface area contributed by atoms with Crippen LogP contribution in [0.1, 0.15) is 26.7 Å². The highest BCUT2D eigenvalue weighted by molar-refractivity contribution is 7.89. The molecule has 1 heterocycles. The topological polar surface area (TPSA) is 66.5 Å². The first-order valence-electron chi connectivity index (χ1n) is 8.27. The largest absolute Gasteiger partial charge is 0.353 e. The molecule has 0 spiro atoms. The highest BCUT2D eigenvalue weighted by Crippen LogP contribution is 2.38. The van der Waals surface area contributed by atoms with Crippen molar-refractivity contribution < 1.29 is 13.2 Å². The van der Waals surface area contributed by atoms with Gasteiger partial charge in [0.25, 0.3) is 0 Å². The number of nitrogens with zero attached hydrogens (tertiary/aromatic N) is 1. The fraction of sp³-hybridized carbons (Fsp3) is 0.588. The molecule has 1 aromatic carbocycles. The van der Waals surface area contributed by atoms with Gasteiger partial charge in [-0.15, -0.1) is 0 Å². The maximum atomic E-state index is 12.6. The van der Waals surface area contributed by atoms with Crippen LogP contribution in [0.15, 0.2) is 35.2 Å². The number of piperidine rings is 1. The number of carbonyl (C=O) groups excluding carboxylic acids is 1. The van der Waals surface area contributed by atoms with Crippen molar-refractivity contribution in [2.24, 2.45) is 17.8 Å². The zero-order chi connectivity index (χ0) is 16.6. The quantitative estimate of drug-likeness (QED) is 0.912. The third-order valence-electron chi connectivity index (χ3n) is 5.34. The van der Waals surface area contributed by atoms with Crippen LogP contribution in [0, 0.1) is 17.8 Å². The third-order valence-corrected chi connectivity index (χ3v) is 7.25. The molecule has 5 nitrogen and oxygen atoms in total. The summed E-state index contributed by atoms with van der Waals surface area (Å²) >= 11 is 0. The molecular formula is C17H24N2O3S. The molecular weight excluding hydrogens is 312 g/mol. The third kappa shape index (κ3) is 3.28. The van der Waals surface area contributed by atoms with E-state index in [1.165, 1.54) is 4.31 Å². The number of nitrogens with one attached hydrogen (secondary N) is 1. The van der Waals surface area contributed by atoms with Crippen LogP contribution in [0.4, 0.5) is 0 Å². The van der Waals surface area contributed by atoms with Gasteiger partial charge in [-0.25, -0.2) is 8.42 Å². The summed E-state index contributed by atoms with van der Waals surface area (Å²) < 4.78 is 26.6. The van der Waals surface area contributed by atoms with E-state index in [4.69, 9.17) is 0 Å². The molecule has 1 N–H and O–H groups in total. The first kappa shape index (κ1) is 16.5. The minimum atomic E-state index is -3.44. The van der Waals surface area contributed by atoms with Crippen molar-refractivity contribution in [2.45, 2.75) is 37.6 Å². The minimum Gasteiger partial charge on any atom is -0.353 e. The number of sulfonamides is 1. The van der Waals surface area contributed by atoms with E-state index in [-0.39, 0.29) is 11.8 Å². The van der Waals surface area contributed by atoms with Gasteiger partial charge < -0.3 is 5.32 Å². The summed E-state index contributed by atoms with van der Waals surface area (Å²) in [5.74, 6) is 1.12. The van der Waals surface area contributed by atoms with Crippen LogP contribution < -0.4 is 5.32 Å². The normalized spacial score (nSPS) is 29.2. The van der Waals surface area contributed by atoms with Crippen LogP contribution in [0.25, 0.3) is 0 Å². The Morgan fingerprint density at radius 2 is 1.65 bits per heavy atom. The van der Waals surface area contributed by atoms with Gasteiger partial charge in [0.15, 0.2) is 0 Å². The average Bonchev–Trinajstić information content (AvgIpc) is 3.14. The Balaban J connectivity index is 1.57. The van der Waals surface area contributed by atoms with Crippen molar-refractivity contribution in [3.05, 3.63) is 30.3 Å². The van der Waals surface area contributed by atoms with Gasteiger partial charge >= 0.3 is 0 Å². The fourth-order valence-electron chi connectivity index (χ4n) is 3.31. The summed E-state index contributed by atoms with van der Waals surface area (Å²) in [5.41, 5.74) is 0. The number of hydrogen-bond acceptors (Lipinski definition) is 3. The number of carbonyl (C=O) groups is 1. The van der Waals surface area contributed by atoms with Gasteiger partial charge in [-0.1, -0.05) is 32.0 Å². The predicted molar refractivity (Wildman–Crippen MR) is 88.2 cm³/mol. The van der Waals surface area contributed by atoms with E-state index in [1.807, 2.05) is 0 Å². The summed E-state index contributed by atoms with van der Waals surface area (Å²) in [6.07, 6.45) is 1.18. The molecule has 1 aliphatic heterocycles. The monoisotopic (exact) mass is 336 g/mol. The molecule has 3 atom stereocenters. The molecule has 0 radical (unpaired) electrons. The summed E-state index contributed by atoms with van der Waals surface area (Å²) in [5, 5.41) is 3.10. The van der Waals surface area contributed by atoms with E-state index in [2.05, 4.69) is 19.2 Å². The second kappa shape index (κ2) is 6.24. The van der Waals surface area contributed by atoms with Crippen LogP contribution in [0.2, 0.25) is 0 Å². The van der Waals surface area contributed by atoms with Crippen LogP contribution in [0.3, 0.4) is 0 Å². The smallest absolute Gasteiger partial charge is 0.243 e. The van der Waals surface area contributed by atoms with Gasteiger partial charge in [-0.05, 0) is 36.8 Å². The molecule has 1 aromatic rings. The van der Waals surface area contributed by atoms with Crippen molar-refractivity contribution in [3.63, 3.8) is 0 Å². The Hall–Kier alpha value is -1.40. The summed E-state index contributed by atoms with van der Waals surface area (Å²) in [6, 6.07) is 8.79. The number of rotatable bonds is 4.